The fraction of sp³-hybridized carbons (Fsp3) is 0.442. The van der Waals surface area contributed by atoms with Crippen molar-refractivity contribution in [2.24, 2.45) is 11.1 Å². The number of benzene rings is 2. The molecule has 2 atom stereocenters. The molecule has 0 fully saturated rings. The molecular weight excluding hydrogens is 779 g/mol. The molecule has 1 aliphatic rings. The fourth-order valence-corrected chi connectivity index (χ4v) is 8.25. The van der Waals surface area contributed by atoms with Gasteiger partial charge < -0.3 is 30.6 Å². The molecule has 1 unspecified atom stereocenters. The van der Waals surface area contributed by atoms with E-state index in [1.165, 1.54) is 0 Å². The summed E-state index contributed by atoms with van der Waals surface area (Å²) in [7, 11) is -1.70. The minimum atomic E-state index is -1.70. The van der Waals surface area contributed by atoms with Gasteiger partial charge in [0.05, 0.1) is 12.6 Å². The average Bonchev–Trinajstić information content (AvgIpc) is 3.70. The Labute approximate surface area is 345 Å². The van der Waals surface area contributed by atoms with E-state index in [9.17, 15) is 33.2 Å². The second-order valence-corrected chi connectivity index (χ2v) is 22.6. The Morgan fingerprint density at radius 3 is 2.14 bits per heavy atom. The number of ether oxygens (including phenoxy) is 1. The predicted octanol–water partition coefficient (Wildman–Crippen LogP) is 5.92. The van der Waals surface area contributed by atoms with Gasteiger partial charge in [-0.15, -0.1) is 0 Å². The van der Waals surface area contributed by atoms with Crippen molar-refractivity contribution in [2.45, 2.75) is 90.8 Å². The van der Waals surface area contributed by atoms with Crippen molar-refractivity contribution >= 4 is 43.7 Å². The molecule has 16 heteroatoms. The van der Waals surface area contributed by atoms with Crippen LogP contribution in [0.15, 0.2) is 72.9 Å². The minimum absolute atomic E-state index is 0.0195. The first-order valence-electron chi connectivity index (χ1n) is 19.7. The number of imide groups is 1. The maximum absolute atomic E-state index is 15.4. The van der Waals surface area contributed by atoms with Gasteiger partial charge in [-0.2, -0.15) is 0 Å². The lowest BCUT2D eigenvalue weighted by Crippen LogP contribution is -2.49. The zero-order valence-electron chi connectivity index (χ0n) is 34.7. The van der Waals surface area contributed by atoms with E-state index in [0.29, 0.717) is 24.2 Å². The van der Waals surface area contributed by atoms with Crippen LogP contribution in [0, 0.1) is 17.0 Å². The number of hydrogen-bond donors (Lipinski definition) is 3. The van der Waals surface area contributed by atoms with E-state index in [0.717, 1.165) is 46.9 Å². The molecule has 0 aliphatic carbocycles. The van der Waals surface area contributed by atoms with Crippen molar-refractivity contribution in [2.75, 3.05) is 26.2 Å². The first-order valence-corrected chi connectivity index (χ1v) is 23.4. The number of halogens is 2. The quantitative estimate of drug-likeness (QED) is 0.0721. The minimum Gasteiger partial charge on any atom is -0.450 e. The maximum Gasteiger partial charge on any atom is 0.404 e. The average molecular weight is 835 g/mol. The number of carbonyl (C=O) groups excluding carboxylic acids is 6. The standard InChI is InChI=1S/C43H56F2N6O7Si/c1-43(2,3)41(35-24-30(33-25-31(44)12-13-34(33)45)27-49(35)26-29-10-8-7-9-11-29)51(32(18-22-58-42(46)57)19-23-59(4,5)6)40(56)15-14-36(52)47-20-21-48-37(53)28-50-38(54)16-17-39(50)55/h7-13,16-17,24-25,27,32,41H,14-15,18-23,26,28H2,1-6H3,(H2,46,57)(H,47,52)(H,48,53)/t32?,41-/m0/s1. The van der Waals surface area contributed by atoms with Crippen LogP contribution in [0.2, 0.25) is 25.7 Å². The van der Waals surface area contributed by atoms with Gasteiger partial charge in [0.1, 0.15) is 18.2 Å². The summed E-state index contributed by atoms with van der Waals surface area (Å²) in [6, 6.07) is 14.4. The van der Waals surface area contributed by atoms with E-state index in [1.54, 1.807) is 17.2 Å². The van der Waals surface area contributed by atoms with Crippen molar-refractivity contribution < 1.29 is 42.3 Å². The summed E-state index contributed by atoms with van der Waals surface area (Å²) in [4.78, 5) is 78.1. The van der Waals surface area contributed by atoms with Gasteiger partial charge in [-0.05, 0) is 41.7 Å². The number of nitrogens with zero attached hydrogens (tertiary/aromatic N) is 3. The smallest absolute Gasteiger partial charge is 0.404 e. The lowest BCUT2D eigenvalue weighted by atomic mass is 9.81. The topological polar surface area (TPSA) is 173 Å². The Morgan fingerprint density at radius 1 is 0.881 bits per heavy atom. The van der Waals surface area contributed by atoms with Crippen LogP contribution in [0.3, 0.4) is 0 Å². The molecule has 318 valence electrons. The molecule has 1 aliphatic heterocycles. The highest BCUT2D eigenvalue weighted by atomic mass is 28.3. The number of aromatic nitrogens is 1. The number of amides is 6. The number of hydrogen-bond acceptors (Lipinski definition) is 7. The first-order chi connectivity index (χ1) is 27.7. The fourth-order valence-electron chi connectivity index (χ4n) is 7.05. The van der Waals surface area contributed by atoms with Crippen LogP contribution in [-0.4, -0.2) is 90.4 Å². The molecule has 4 rings (SSSR count). The summed E-state index contributed by atoms with van der Waals surface area (Å²) in [6.07, 6.45) is 3.43. The Hall–Kier alpha value is -5.64. The Bertz CT molecular complexity index is 2010. The van der Waals surface area contributed by atoms with Gasteiger partial charge in [0.25, 0.3) is 11.8 Å². The van der Waals surface area contributed by atoms with Gasteiger partial charge in [-0.1, -0.05) is 76.8 Å². The molecule has 0 saturated carbocycles. The summed E-state index contributed by atoms with van der Waals surface area (Å²) in [5.41, 5.74) is 6.78. The molecule has 1 aromatic heterocycles. The van der Waals surface area contributed by atoms with Crippen molar-refractivity contribution in [3.63, 3.8) is 0 Å². The number of nitrogens with one attached hydrogen (secondary N) is 2. The second kappa shape index (κ2) is 20.4. The van der Waals surface area contributed by atoms with E-state index in [-0.39, 0.29) is 50.4 Å². The van der Waals surface area contributed by atoms with Gasteiger partial charge in [0.15, 0.2) is 0 Å². The number of rotatable bonds is 20. The number of primary amides is 1. The summed E-state index contributed by atoms with van der Waals surface area (Å²) in [6.45, 7) is 12.5. The highest BCUT2D eigenvalue weighted by Gasteiger charge is 2.41. The molecule has 0 saturated heterocycles. The van der Waals surface area contributed by atoms with Crippen LogP contribution in [0.4, 0.5) is 13.6 Å². The Balaban J connectivity index is 1.68. The van der Waals surface area contributed by atoms with Gasteiger partial charge >= 0.3 is 6.09 Å². The van der Waals surface area contributed by atoms with Gasteiger partial charge in [-0.3, -0.25) is 28.9 Å². The zero-order chi connectivity index (χ0) is 43.5. The summed E-state index contributed by atoms with van der Waals surface area (Å²) in [5, 5.41) is 5.26. The van der Waals surface area contributed by atoms with Crippen LogP contribution in [0.5, 0.6) is 0 Å². The van der Waals surface area contributed by atoms with Crippen molar-refractivity contribution in [1.82, 2.24) is 25.0 Å². The molecule has 2 heterocycles. The van der Waals surface area contributed by atoms with E-state index >= 15 is 4.39 Å². The third-order valence-electron chi connectivity index (χ3n) is 9.89. The summed E-state index contributed by atoms with van der Waals surface area (Å²) >= 11 is 0. The van der Waals surface area contributed by atoms with Crippen LogP contribution < -0.4 is 16.4 Å². The predicted molar refractivity (Wildman–Crippen MR) is 222 cm³/mol. The summed E-state index contributed by atoms with van der Waals surface area (Å²) < 4.78 is 37.1. The maximum atomic E-state index is 15.4. The third-order valence-corrected chi connectivity index (χ3v) is 11.7. The Morgan fingerprint density at radius 2 is 1.53 bits per heavy atom. The van der Waals surface area contributed by atoms with Gasteiger partial charge in [0, 0.05) is 88.2 Å². The third kappa shape index (κ3) is 13.7. The molecule has 0 radical (unpaired) electrons. The first kappa shape index (κ1) is 46.1. The van der Waals surface area contributed by atoms with Crippen molar-refractivity contribution in [3.8, 4) is 11.1 Å². The number of nitrogens with two attached hydrogens (primary N) is 1. The lowest BCUT2D eigenvalue weighted by Gasteiger charge is -2.45. The molecule has 13 nitrogen and oxygen atoms in total. The van der Waals surface area contributed by atoms with Crippen molar-refractivity contribution in [3.05, 3.63) is 95.8 Å². The van der Waals surface area contributed by atoms with E-state index in [1.807, 2.05) is 55.7 Å². The van der Waals surface area contributed by atoms with E-state index in [4.69, 9.17) is 10.5 Å². The molecule has 6 amide bonds. The largest absolute Gasteiger partial charge is 0.450 e. The highest BCUT2D eigenvalue weighted by molar-refractivity contribution is 6.76. The molecule has 2 aromatic carbocycles. The molecule has 4 N–H and O–H groups in total. The van der Waals surface area contributed by atoms with E-state index in [2.05, 4.69) is 30.3 Å². The van der Waals surface area contributed by atoms with Crippen LogP contribution in [0.1, 0.15) is 63.8 Å². The van der Waals surface area contributed by atoms with Crippen molar-refractivity contribution in [1.29, 1.82) is 0 Å². The highest BCUT2D eigenvalue weighted by Crippen LogP contribution is 2.43. The Kier molecular flexibility index (Phi) is 15.9. The monoisotopic (exact) mass is 834 g/mol. The van der Waals surface area contributed by atoms with Gasteiger partial charge in [-0.25, -0.2) is 13.6 Å². The molecular formula is C43H56F2N6O7Si. The van der Waals surface area contributed by atoms with Crippen LogP contribution in [-0.2, 0) is 35.3 Å². The number of carbonyl (C=O) groups is 6. The molecule has 3 aromatic rings. The SMILES string of the molecule is CC(C)(C)[C@H](c1cc(-c2cc(F)ccc2F)cn1Cc1ccccc1)N(C(=O)CCC(=O)NCCNC(=O)CN1C(=O)C=CC1=O)C(CCOC(N)=O)CC[Si](C)(C)C. The van der Waals surface area contributed by atoms with Crippen LogP contribution in [0.25, 0.3) is 11.1 Å². The van der Waals surface area contributed by atoms with E-state index < -0.39 is 73.5 Å². The molecule has 0 bridgehead atoms. The second-order valence-electron chi connectivity index (χ2n) is 17.0. The molecule has 59 heavy (non-hydrogen) atoms. The molecule has 0 spiro atoms. The zero-order valence-corrected chi connectivity index (χ0v) is 35.7. The van der Waals surface area contributed by atoms with Gasteiger partial charge in [0.2, 0.25) is 17.7 Å². The normalized spacial score (nSPS) is 13.9. The van der Waals surface area contributed by atoms with Crippen LogP contribution >= 0.6 is 0 Å². The summed E-state index contributed by atoms with van der Waals surface area (Å²) in [5.74, 6) is -3.73. The lowest BCUT2D eigenvalue weighted by molar-refractivity contribution is -0.142.